The summed E-state index contributed by atoms with van der Waals surface area (Å²) in [5, 5.41) is 4.80. The molecular weight excluding hydrogens is 397 g/mol. The van der Waals surface area contributed by atoms with Gasteiger partial charge >= 0.3 is 0 Å². The van der Waals surface area contributed by atoms with Crippen LogP contribution in [-0.2, 0) is 5.41 Å². The van der Waals surface area contributed by atoms with Crippen molar-refractivity contribution in [2.45, 2.75) is 26.2 Å². The van der Waals surface area contributed by atoms with Crippen LogP contribution < -0.4 is 10.1 Å². The fourth-order valence-corrected chi connectivity index (χ4v) is 3.22. The topological polar surface area (TPSA) is 38.3 Å². The lowest BCUT2D eigenvalue weighted by Gasteiger charge is -2.21. The largest absolute Gasteiger partial charge is 0.495 e. The zero-order chi connectivity index (χ0) is 15.6. The van der Waals surface area contributed by atoms with Crippen LogP contribution in [0, 0.1) is 2.88 Å². The maximum atomic E-state index is 12.3. The first kappa shape index (κ1) is 16.3. The average molecular weight is 415 g/mol. The molecule has 2 aromatic rings. The Morgan fingerprint density at radius 3 is 2.52 bits per heavy atom. The van der Waals surface area contributed by atoms with Gasteiger partial charge in [0.2, 0.25) is 0 Å². The predicted molar refractivity (Wildman–Crippen MR) is 96.7 cm³/mol. The third-order valence-corrected chi connectivity index (χ3v) is 4.93. The summed E-state index contributed by atoms with van der Waals surface area (Å²) >= 11 is 3.76. The van der Waals surface area contributed by atoms with Crippen molar-refractivity contribution in [1.82, 2.24) is 0 Å². The van der Waals surface area contributed by atoms with E-state index in [2.05, 4.69) is 48.7 Å². The standard InChI is InChI=1S/C16H18INO2S/c1-16(2,3)11-5-6-13(20-4)12(8-11)18-15(19)10-7-14(17)21-9-10/h5-9H,1-4H3,(H,18,19). The number of thiophene rings is 1. The summed E-state index contributed by atoms with van der Waals surface area (Å²) in [4.78, 5) is 12.3. The number of rotatable bonds is 3. The number of anilines is 1. The van der Waals surface area contributed by atoms with Crippen LogP contribution in [0.3, 0.4) is 0 Å². The summed E-state index contributed by atoms with van der Waals surface area (Å²) in [6.07, 6.45) is 0. The first-order valence-corrected chi connectivity index (χ1v) is 8.51. The summed E-state index contributed by atoms with van der Waals surface area (Å²) in [6.45, 7) is 6.42. The molecule has 0 aliphatic rings. The molecule has 1 N–H and O–H groups in total. The summed E-state index contributed by atoms with van der Waals surface area (Å²) in [7, 11) is 1.61. The molecule has 1 amide bonds. The Bertz CT molecular complexity index is 659. The summed E-state index contributed by atoms with van der Waals surface area (Å²) in [6, 6.07) is 7.78. The van der Waals surface area contributed by atoms with Crippen LogP contribution in [0.2, 0.25) is 0 Å². The molecule has 1 aromatic heterocycles. The van der Waals surface area contributed by atoms with E-state index in [1.807, 2.05) is 29.6 Å². The van der Waals surface area contributed by atoms with Crippen molar-refractivity contribution in [2.75, 3.05) is 12.4 Å². The normalized spacial score (nSPS) is 11.3. The van der Waals surface area contributed by atoms with Gasteiger partial charge in [-0.15, -0.1) is 11.3 Å². The third-order valence-electron chi connectivity index (χ3n) is 3.14. The lowest BCUT2D eigenvalue weighted by Crippen LogP contribution is -2.15. The average Bonchev–Trinajstić information content (AvgIpc) is 2.84. The van der Waals surface area contributed by atoms with E-state index < -0.39 is 0 Å². The van der Waals surface area contributed by atoms with E-state index in [-0.39, 0.29) is 11.3 Å². The lowest BCUT2D eigenvalue weighted by atomic mass is 9.87. The van der Waals surface area contributed by atoms with Gasteiger partial charge in [0.1, 0.15) is 5.75 Å². The van der Waals surface area contributed by atoms with Gasteiger partial charge in [-0.2, -0.15) is 0 Å². The Kier molecular flexibility index (Phi) is 4.93. The Morgan fingerprint density at radius 1 is 1.29 bits per heavy atom. The van der Waals surface area contributed by atoms with Crippen LogP contribution in [0.15, 0.2) is 29.6 Å². The van der Waals surface area contributed by atoms with Crippen molar-refractivity contribution in [2.24, 2.45) is 0 Å². The van der Waals surface area contributed by atoms with Crippen LogP contribution in [-0.4, -0.2) is 13.0 Å². The maximum Gasteiger partial charge on any atom is 0.256 e. The van der Waals surface area contributed by atoms with Gasteiger partial charge in [-0.3, -0.25) is 4.79 Å². The zero-order valence-corrected chi connectivity index (χ0v) is 15.5. The molecule has 0 bridgehead atoms. The Morgan fingerprint density at radius 2 is 2.00 bits per heavy atom. The third kappa shape index (κ3) is 3.97. The number of carbonyl (C=O) groups excluding carboxylic acids is 1. The lowest BCUT2D eigenvalue weighted by molar-refractivity contribution is 0.102. The molecule has 0 fully saturated rings. The Hall–Kier alpha value is -1.08. The van der Waals surface area contributed by atoms with Crippen LogP contribution >= 0.6 is 33.9 Å². The van der Waals surface area contributed by atoms with Crippen LogP contribution in [0.1, 0.15) is 36.7 Å². The van der Waals surface area contributed by atoms with E-state index in [0.29, 0.717) is 17.0 Å². The molecule has 3 nitrogen and oxygen atoms in total. The number of nitrogens with one attached hydrogen (secondary N) is 1. The second kappa shape index (κ2) is 6.36. The van der Waals surface area contributed by atoms with E-state index in [1.54, 1.807) is 18.4 Å². The molecule has 0 saturated heterocycles. The van der Waals surface area contributed by atoms with Crippen LogP contribution in [0.5, 0.6) is 5.75 Å². The van der Waals surface area contributed by atoms with E-state index in [9.17, 15) is 4.79 Å². The Labute approximate surface area is 142 Å². The molecule has 0 saturated carbocycles. The zero-order valence-electron chi connectivity index (χ0n) is 12.5. The molecule has 1 heterocycles. The molecular formula is C16H18INO2S. The smallest absolute Gasteiger partial charge is 0.256 e. The van der Waals surface area contributed by atoms with Crippen LogP contribution in [0.4, 0.5) is 5.69 Å². The molecule has 0 radical (unpaired) electrons. The highest BCUT2D eigenvalue weighted by Gasteiger charge is 2.17. The molecule has 2 rings (SSSR count). The monoisotopic (exact) mass is 415 g/mol. The van der Waals surface area contributed by atoms with Crippen LogP contribution in [0.25, 0.3) is 0 Å². The van der Waals surface area contributed by atoms with E-state index in [1.165, 1.54) is 0 Å². The van der Waals surface area contributed by atoms with Gasteiger partial charge in [0, 0.05) is 5.38 Å². The number of methoxy groups -OCH3 is 1. The van der Waals surface area contributed by atoms with E-state index >= 15 is 0 Å². The molecule has 0 spiro atoms. The van der Waals surface area contributed by atoms with Crippen molar-refractivity contribution in [3.8, 4) is 5.75 Å². The highest BCUT2D eigenvalue weighted by atomic mass is 127. The molecule has 112 valence electrons. The number of ether oxygens (including phenoxy) is 1. The highest BCUT2D eigenvalue weighted by molar-refractivity contribution is 14.1. The molecule has 0 atom stereocenters. The number of benzene rings is 1. The number of hydrogen-bond acceptors (Lipinski definition) is 3. The fraction of sp³-hybridized carbons (Fsp3) is 0.312. The molecule has 1 aromatic carbocycles. The van der Waals surface area contributed by atoms with Crippen molar-refractivity contribution < 1.29 is 9.53 Å². The number of amides is 1. The molecule has 0 aliphatic carbocycles. The van der Waals surface area contributed by atoms with Crippen molar-refractivity contribution in [3.63, 3.8) is 0 Å². The summed E-state index contributed by atoms with van der Waals surface area (Å²) in [5.74, 6) is 0.555. The van der Waals surface area contributed by atoms with Crippen molar-refractivity contribution in [1.29, 1.82) is 0 Å². The van der Waals surface area contributed by atoms with Gasteiger partial charge in [0.25, 0.3) is 5.91 Å². The first-order valence-electron chi connectivity index (χ1n) is 6.55. The molecule has 0 unspecified atom stereocenters. The quantitative estimate of drug-likeness (QED) is 0.724. The molecule has 0 aliphatic heterocycles. The van der Waals surface area contributed by atoms with Gasteiger partial charge in [-0.1, -0.05) is 26.8 Å². The predicted octanol–water partition coefficient (Wildman–Crippen LogP) is 4.91. The minimum absolute atomic E-state index is 0.0174. The minimum Gasteiger partial charge on any atom is -0.495 e. The first-order chi connectivity index (χ1) is 9.81. The van der Waals surface area contributed by atoms with Gasteiger partial charge in [0.05, 0.1) is 21.2 Å². The van der Waals surface area contributed by atoms with E-state index in [0.717, 1.165) is 8.45 Å². The minimum atomic E-state index is -0.112. The number of hydrogen-bond donors (Lipinski definition) is 1. The Balaban J connectivity index is 2.31. The highest BCUT2D eigenvalue weighted by Crippen LogP contribution is 2.32. The van der Waals surface area contributed by atoms with Gasteiger partial charge < -0.3 is 10.1 Å². The van der Waals surface area contributed by atoms with Gasteiger partial charge in [-0.05, 0) is 51.8 Å². The molecule has 21 heavy (non-hydrogen) atoms. The SMILES string of the molecule is COc1ccc(C(C)(C)C)cc1NC(=O)c1csc(I)c1. The van der Waals surface area contributed by atoms with Crippen molar-refractivity contribution in [3.05, 3.63) is 43.7 Å². The maximum absolute atomic E-state index is 12.3. The molecule has 5 heteroatoms. The van der Waals surface area contributed by atoms with Gasteiger partial charge in [0.15, 0.2) is 0 Å². The van der Waals surface area contributed by atoms with Gasteiger partial charge in [-0.25, -0.2) is 0 Å². The second-order valence-corrected chi connectivity index (χ2v) is 8.56. The van der Waals surface area contributed by atoms with E-state index in [4.69, 9.17) is 4.74 Å². The number of carbonyl (C=O) groups is 1. The summed E-state index contributed by atoms with van der Waals surface area (Å²) in [5.41, 5.74) is 2.55. The summed E-state index contributed by atoms with van der Waals surface area (Å²) < 4.78 is 6.43. The second-order valence-electron chi connectivity index (χ2n) is 5.76. The van der Waals surface area contributed by atoms with Crippen molar-refractivity contribution >= 4 is 45.5 Å². The number of halogens is 1. The fourth-order valence-electron chi connectivity index (χ4n) is 1.90.